The van der Waals surface area contributed by atoms with E-state index in [4.69, 9.17) is 8.83 Å². The second-order valence-corrected chi connectivity index (χ2v) is 7.93. The van der Waals surface area contributed by atoms with Crippen molar-refractivity contribution in [2.45, 2.75) is 25.4 Å². The molecule has 1 aliphatic rings. The fraction of sp³-hybridized carbons (Fsp3) is 0.250. The van der Waals surface area contributed by atoms with Crippen LogP contribution in [0.15, 0.2) is 68.4 Å². The Bertz CT molecular complexity index is 1320. The number of halogens is 1. The van der Waals surface area contributed by atoms with Crippen LogP contribution in [0, 0.1) is 5.82 Å². The molecule has 0 aliphatic carbocycles. The summed E-state index contributed by atoms with van der Waals surface area (Å²) >= 11 is 0. The fourth-order valence-corrected chi connectivity index (χ4v) is 4.11. The average Bonchev–Trinajstić information content (AvgIpc) is 3.22. The third-order valence-corrected chi connectivity index (χ3v) is 5.76. The van der Waals surface area contributed by atoms with Gasteiger partial charge in [-0.1, -0.05) is 6.07 Å². The Hall–Kier alpha value is -3.45. The maximum absolute atomic E-state index is 13.5. The molecule has 1 amide bonds. The molecule has 0 radical (unpaired) electrons. The molecule has 2 aromatic heterocycles. The first-order chi connectivity index (χ1) is 15.0. The summed E-state index contributed by atoms with van der Waals surface area (Å²) < 4.78 is 24.3. The Labute approximate surface area is 177 Å². The number of nitrogens with one attached hydrogen (secondary N) is 1. The van der Waals surface area contributed by atoms with Crippen molar-refractivity contribution in [2.75, 3.05) is 13.1 Å². The lowest BCUT2D eigenvalue weighted by Crippen LogP contribution is -2.44. The van der Waals surface area contributed by atoms with Gasteiger partial charge in [0.15, 0.2) is 11.2 Å². The summed E-state index contributed by atoms with van der Waals surface area (Å²) in [5.41, 5.74) is 1.81. The van der Waals surface area contributed by atoms with E-state index in [9.17, 15) is 14.0 Å². The van der Waals surface area contributed by atoms with Crippen molar-refractivity contribution in [1.82, 2.24) is 10.2 Å². The lowest BCUT2D eigenvalue weighted by Gasteiger charge is -2.32. The molecule has 7 heteroatoms. The predicted octanol–water partition coefficient (Wildman–Crippen LogP) is 4.07. The van der Waals surface area contributed by atoms with E-state index in [0.717, 1.165) is 55.6 Å². The molecule has 6 nitrogen and oxygen atoms in total. The van der Waals surface area contributed by atoms with E-state index in [1.807, 2.05) is 12.1 Å². The Morgan fingerprint density at radius 3 is 2.74 bits per heavy atom. The van der Waals surface area contributed by atoms with Crippen molar-refractivity contribution in [3.63, 3.8) is 0 Å². The number of fused-ring (bicyclic) bond motifs is 2. The normalized spacial score (nSPS) is 15.5. The van der Waals surface area contributed by atoms with E-state index < -0.39 is 11.7 Å². The topological polar surface area (TPSA) is 75.7 Å². The fourth-order valence-electron chi connectivity index (χ4n) is 4.11. The van der Waals surface area contributed by atoms with E-state index in [1.54, 1.807) is 6.26 Å². The van der Waals surface area contributed by atoms with Crippen molar-refractivity contribution in [3.05, 3.63) is 82.2 Å². The Morgan fingerprint density at radius 2 is 1.90 bits per heavy atom. The summed E-state index contributed by atoms with van der Waals surface area (Å²) in [6, 6.07) is 13.0. The number of amides is 1. The molecule has 31 heavy (non-hydrogen) atoms. The van der Waals surface area contributed by atoms with Crippen LogP contribution in [0.25, 0.3) is 21.9 Å². The minimum atomic E-state index is -0.521. The van der Waals surface area contributed by atoms with Crippen LogP contribution in [0.4, 0.5) is 4.39 Å². The van der Waals surface area contributed by atoms with E-state index >= 15 is 0 Å². The molecule has 0 bridgehead atoms. The minimum Gasteiger partial charge on any atom is -0.464 e. The monoisotopic (exact) mass is 420 g/mol. The van der Waals surface area contributed by atoms with Crippen LogP contribution in [-0.4, -0.2) is 29.9 Å². The molecular formula is C24H21FN2O4. The predicted molar refractivity (Wildman–Crippen MR) is 114 cm³/mol. The van der Waals surface area contributed by atoms with Crippen molar-refractivity contribution < 1.29 is 18.0 Å². The summed E-state index contributed by atoms with van der Waals surface area (Å²) in [4.78, 5) is 27.2. The van der Waals surface area contributed by atoms with E-state index in [2.05, 4.69) is 22.3 Å². The Kier molecular flexibility index (Phi) is 5.03. The van der Waals surface area contributed by atoms with Gasteiger partial charge >= 0.3 is 0 Å². The maximum Gasteiger partial charge on any atom is 0.287 e. The number of hydrogen-bond acceptors (Lipinski definition) is 5. The number of nitrogens with zero attached hydrogens (tertiary/aromatic N) is 1. The third kappa shape index (κ3) is 4.09. The highest BCUT2D eigenvalue weighted by Crippen LogP contribution is 2.20. The molecule has 0 spiro atoms. The zero-order valence-corrected chi connectivity index (χ0v) is 16.8. The smallest absolute Gasteiger partial charge is 0.287 e. The zero-order chi connectivity index (χ0) is 21.4. The standard InChI is InChI=1S/C24H21FN2O4/c25-17-2-3-19-20(28)13-23(31-22(19)12-17)24(29)26-18-5-8-27(9-6-18)14-15-1-4-21-16(11-15)7-10-30-21/h1-4,7,10-13,18H,5-6,8-9,14H2,(H,26,29). The van der Waals surface area contributed by atoms with E-state index in [1.165, 1.54) is 17.7 Å². The highest BCUT2D eigenvalue weighted by atomic mass is 19.1. The lowest BCUT2D eigenvalue weighted by atomic mass is 10.0. The number of carbonyl (C=O) groups excluding carboxylic acids is 1. The van der Waals surface area contributed by atoms with Crippen molar-refractivity contribution in [3.8, 4) is 0 Å². The summed E-state index contributed by atoms with van der Waals surface area (Å²) in [6.07, 6.45) is 3.29. The number of hydrogen-bond donors (Lipinski definition) is 1. The van der Waals surface area contributed by atoms with Crippen LogP contribution in [0.3, 0.4) is 0 Å². The first kappa shape index (κ1) is 19.5. The van der Waals surface area contributed by atoms with Crippen LogP contribution in [0.2, 0.25) is 0 Å². The molecule has 2 aromatic carbocycles. The number of benzene rings is 2. The zero-order valence-electron chi connectivity index (χ0n) is 16.8. The summed E-state index contributed by atoms with van der Waals surface area (Å²) in [5, 5.41) is 4.29. The molecule has 1 N–H and O–H groups in total. The van der Waals surface area contributed by atoms with Crippen molar-refractivity contribution >= 4 is 27.8 Å². The van der Waals surface area contributed by atoms with Gasteiger partial charge in [-0.15, -0.1) is 0 Å². The summed E-state index contributed by atoms with van der Waals surface area (Å²) in [5.74, 6) is -1.07. The average molecular weight is 420 g/mol. The molecule has 3 heterocycles. The molecule has 4 aromatic rings. The molecular weight excluding hydrogens is 399 g/mol. The highest BCUT2D eigenvalue weighted by molar-refractivity contribution is 5.93. The number of piperidine rings is 1. The molecule has 0 unspecified atom stereocenters. The Morgan fingerprint density at radius 1 is 1.06 bits per heavy atom. The third-order valence-electron chi connectivity index (χ3n) is 5.76. The van der Waals surface area contributed by atoms with Gasteiger partial charge in [-0.25, -0.2) is 4.39 Å². The van der Waals surface area contributed by atoms with Crippen LogP contribution in [0.5, 0.6) is 0 Å². The van der Waals surface area contributed by atoms with Gasteiger partial charge in [-0.05, 0) is 48.7 Å². The summed E-state index contributed by atoms with van der Waals surface area (Å²) in [7, 11) is 0. The molecule has 0 saturated carbocycles. The van der Waals surface area contributed by atoms with Gasteiger partial charge in [0, 0.05) is 43.2 Å². The maximum atomic E-state index is 13.5. The van der Waals surface area contributed by atoms with Gasteiger partial charge < -0.3 is 14.2 Å². The van der Waals surface area contributed by atoms with Gasteiger partial charge in [0.25, 0.3) is 5.91 Å². The minimum absolute atomic E-state index is 0.00591. The lowest BCUT2D eigenvalue weighted by molar-refractivity contribution is 0.0881. The van der Waals surface area contributed by atoms with Gasteiger partial charge in [-0.3, -0.25) is 14.5 Å². The van der Waals surface area contributed by atoms with Crippen LogP contribution < -0.4 is 10.7 Å². The number of furan rings is 1. The molecule has 1 fully saturated rings. The first-order valence-electron chi connectivity index (χ1n) is 10.3. The molecule has 1 aliphatic heterocycles. The number of rotatable bonds is 4. The second-order valence-electron chi connectivity index (χ2n) is 7.93. The largest absolute Gasteiger partial charge is 0.464 e. The van der Waals surface area contributed by atoms with Crippen molar-refractivity contribution in [1.29, 1.82) is 0 Å². The molecule has 5 rings (SSSR count). The number of carbonyl (C=O) groups is 1. The van der Waals surface area contributed by atoms with Crippen molar-refractivity contribution in [2.24, 2.45) is 0 Å². The number of likely N-dealkylation sites (tertiary alicyclic amines) is 1. The SMILES string of the molecule is O=C(NC1CCN(Cc2ccc3occc3c2)CC1)c1cc(=O)c2ccc(F)cc2o1. The van der Waals surface area contributed by atoms with E-state index in [0.29, 0.717) is 0 Å². The quantitative estimate of drug-likeness (QED) is 0.539. The van der Waals surface area contributed by atoms with Gasteiger partial charge in [0.1, 0.15) is 17.0 Å². The van der Waals surface area contributed by atoms with Crippen LogP contribution in [-0.2, 0) is 6.54 Å². The Balaban J connectivity index is 1.20. The van der Waals surface area contributed by atoms with Gasteiger partial charge in [0.05, 0.1) is 11.6 Å². The summed E-state index contributed by atoms with van der Waals surface area (Å²) in [6.45, 7) is 2.54. The van der Waals surface area contributed by atoms with E-state index in [-0.39, 0.29) is 28.2 Å². The first-order valence-corrected chi connectivity index (χ1v) is 10.3. The van der Waals surface area contributed by atoms with Gasteiger partial charge in [-0.2, -0.15) is 0 Å². The van der Waals surface area contributed by atoms with Crippen LogP contribution >= 0.6 is 0 Å². The highest BCUT2D eigenvalue weighted by Gasteiger charge is 2.23. The molecule has 158 valence electrons. The molecule has 1 saturated heterocycles. The molecule has 0 atom stereocenters. The van der Waals surface area contributed by atoms with Gasteiger partial charge in [0.2, 0.25) is 0 Å². The second kappa shape index (κ2) is 8.00. The van der Waals surface area contributed by atoms with Crippen LogP contribution in [0.1, 0.15) is 29.0 Å².